The molecule has 1 aliphatic heterocycles. The molecular formula is C16H24N6O2S3. The third kappa shape index (κ3) is 4.92. The molecule has 8 nitrogen and oxygen atoms in total. The number of nitrogens with zero attached hydrogens (tertiary/aromatic N) is 3. The molecule has 1 fully saturated rings. The summed E-state index contributed by atoms with van der Waals surface area (Å²) in [6.45, 7) is 3.36. The van der Waals surface area contributed by atoms with Crippen LogP contribution in [0.25, 0.3) is 5.69 Å². The van der Waals surface area contributed by atoms with E-state index in [1.165, 1.54) is 12.8 Å². The lowest BCUT2D eigenvalue weighted by Crippen LogP contribution is -2.39. The second-order valence-corrected chi connectivity index (χ2v) is 9.03. The molecule has 0 radical (unpaired) electrons. The first-order chi connectivity index (χ1) is 12.9. The van der Waals surface area contributed by atoms with E-state index in [2.05, 4.69) is 24.9 Å². The summed E-state index contributed by atoms with van der Waals surface area (Å²) in [5, 5.41) is 9.97. The summed E-state index contributed by atoms with van der Waals surface area (Å²) in [4.78, 5) is 0.186. The molecule has 1 aromatic heterocycles. The maximum atomic E-state index is 12.6. The van der Waals surface area contributed by atoms with Gasteiger partial charge in [0.15, 0.2) is 9.54 Å². The van der Waals surface area contributed by atoms with Crippen LogP contribution in [0.1, 0.15) is 19.3 Å². The third-order valence-electron chi connectivity index (χ3n) is 4.58. The van der Waals surface area contributed by atoms with Crippen molar-refractivity contribution in [1.29, 1.82) is 0 Å². The van der Waals surface area contributed by atoms with Gasteiger partial charge in [0.2, 0.25) is 10.0 Å². The van der Waals surface area contributed by atoms with Crippen LogP contribution in [0, 0.1) is 9.54 Å². The molecular weight excluding hydrogens is 404 g/mol. The molecule has 0 saturated carbocycles. The van der Waals surface area contributed by atoms with Crippen molar-refractivity contribution in [3.63, 3.8) is 0 Å². The molecule has 2 heterocycles. The lowest BCUT2D eigenvalue weighted by atomic mass is 10.3. The number of sulfonamides is 1. The minimum Gasteiger partial charge on any atom is -0.274 e. The van der Waals surface area contributed by atoms with E-state index in [0.717, 1.165) is 26.1 Å². The molecule has 0 spiro atoms. The third-order valence-corrected chi connectivity index (χ3v) is 6.61. The Morgan fingerprint density at radius 1 is 1.19 bits per heavy atom. The zero-order chi connectivity index (χ0) is 19.4. The fraction of sp³-hybridized carbons (Fsp3) is 0.500. The van der Waals surface area contributed by atoms with Crippen molar-refractivity contribution >= 4 is 34.5 Å². The smallest absolute Gasteiger partial charge is 0.240 e. The summed E-state index contributed by atoms with van der Waals surface area (Å²) in [6.07, 6.45) is 3.19. The number of nitrogens with one attached hydrogen (secondary N) is 3. The lowest BCUT2D eigenvalue weighted by molar-refractivity contribution is 0.0240. The van der Waals surface area contributed by atoms with Gasteiger partial charge < -0.3 is 0 Å². The van der Waals surface area contributed by atoms with Crippen LogP contribution >= 0.6 is 24.4 Å². The number of hydrogen-bond donors (Lipinski definition) is 3. The van der Waals surface area contributed by atoms with Crippen LogP contribution in [0.3, 0.4) is 0 Å². The largest absolute Gasteiger partial charge is 0.274 e. The highest BCUT2D eigenvalue weighted by Gasteiger charge is 2.17. The Bertz CT molecular complexity index is 960. The summed E-state index contributed by atoms with van der Waals surface area (Å²) in [5.74, 6) is 0. The molecule has 27 heavy (non-hydrogen) atoms. The molecule has 1 aromatic carbocycles. The highest BCUT2D eigenvalue weighted by atomic mass is 32.2. The van der Waals surface area contributed by atoms with Crippen molar-refractivity contribution in [3.8, 4) is 5.69 Å². The monoisotopic (exact) mass is 428 g/mol. The Morgan fingerprint density at radius 3 is 2.52 bits per heavy atom. The van der Waals surface area contributed by atoms with Crippen molar-refractivity contribution in [2.45, 2.75) is 24.2 Å². The highest BCUT2D eigenvalue weighted by molar-refractivity contribution is 7.89. The molecule has 1 saturated heterocycles. The van der Waals surface area contributed by atoms with Gasteiger partial charge >= 0.3 is 0 Å². The number of aromatic nitrogens is 3. The molecule has 0 bridgehead atoms. The Labute approximate surface area is 169 Å². The van der Waals surface area contributed by atoms with E-state index in [9.17, 15) is 8.42 Å². The maximum Gasteiger partial charge on any atom is 0.240 e. The van der Waals surface area contributed by atoms with Crippen LogP contribution < -0.4 is 4.72 Å². The first-order valence-corrected chi connectivity index (χ1v) is 11.1. The maximum absolute atomic E-state index is 12.6. The van der Waals surface area contributed by atoms with E-state index in [4.69, 9.17) is 24.4 Å². The summed E-state index contributed by atoms with van der Waals surface area (Å²) in [6, 6.07) is 6.56. The number of aromatic amines is 2. The summed E-state index contributed by atoms with van der Waals surface area (Å²) in [5.41, 5.74) is 0.596. The van der Waals surface area contributed by atoms with Gasteiger partial charge in [-0.3, -0.25) is 14.8 Å². The molecule has 3 N–H and O–H groups in total. The minimum atomic E-state index is -3.60. The molecule has 3 rings (SSSR count). The van der Waals surface area contributed by atoms with Gasteiger partial charge in [0, 0.05) is 33.2 Å². The number of hydrazine groups is 1. The zero-order valence-electron chi connectivity index (χ0n) is 15.1. The molecule has 2 aromatic rings. The second-order valence-electron chi connectivity index (χ2n) is 6.49. The molecule has 0 amide bonds. The Hall–Kier alpha value is -1.37. The zero-order valence-corrected chi connectivity index (χ0v) is 17.6. The number of hydrogen-bond acceptors (Lipinski definition) is 6. The van der Waals surface area contributed by atoms with E-state index in [-0.39, 0.29) is 4.90 Å². The fourth-order valence-corrected chi connectivity index (χ4v) is 4.78. The van der Waals surface area contributed by atoms with Crippen molar-refractivity contribution < 1.29 is 8.42 Å². The van der Waals surface area contributed by atoms with Gasteiger partial charge in [0.05, 0.1) is 10.6 Å². The van der Waals surface area contributed by atoms with Gasteiger partial charge in [-0.05, 0) is 61.9 Å². The first kappa shape index (κ1) is 20.4. The fourth-order valence-electron chi connectivity index (χ4n) is 3.12. The quantitative estimate of drug-likeness (QED) is 0.441. The molecule has 0 atom stereocenters. The standard InChI is InChI=1S/C16H24N6O2S3/c1-20(21-10-2-3-11-21)9-5-8-17-27(23,24)14-7-4-6-13(12-14)22-15(25)18-19-16(22)26/h4,6-7,12,17H,2-3,5,8-11H2,1H3,(H,18,25)(H,19,26). The Morgan fingerprint density at radius 2 is 1.85 bits per heavy atom. The average Bonchev–Trinajstić information content (AvgIpc) is 3.29. The highest BCUT2D eigenvalue weighted by Crippen LogP contribution is 2.16. The van der Waals surface area contributed by atoms with E-state index in [1.54, 1.807) is 28.8 Å². The van der Waals surface area contributed by atoms with Crippen LogP contribution in [0.2, 0.25) is 0 Å². The van der Waals surface area contributed by atoms with Gasteiger partial charge in [0.1, 0.15) is 0 Å². The van der Waals surface area contributed by atoms with Crippen LogP contribution in [0.15, 0.2) is 29.2 Å². The Balaban J connectivity index is 1.62. The number of benzene rings is 1. The lowest BCUT2D eigenvalue weighted by Gasteiger charge is -2.27. The van der Waals surface area contributed by atoms with E-state index < -0.39 is 10.0 Å². The first-order valence-electron chi connectivity index (χ1n) is 8.84. The van der Waals surface area contributed by atoms with Crippen LogP contribution in [-0.4, -0.2) is 66.4 Å². The molecule has 0 aliphatic carbocycles. The van der Waals surface area contributed by atoms with Crippen LogP contribution in [-0.2, 0) is 10.0 Å². The predicted octanol–water partition coefficient (Wildman–Crippen LogP) is 2.20. The second kappa shape index (κ2) is 8.76. The van der Waals surface area contributed by atoms with Crippen LogP contribution in [0.4, 0.5) is 0 Å². The normalized spacial score (nSPS) is 15.6. The molecule has 0 unspecified atom stereocenters. The van der Waals surface area contributed by atoms with Crippen molar-refractivity contribution in [2.75, 3.05) is 33.2 Å². The number of rotatable bonds is 8. The summed E-state index contributed by atoms with van der Waals surface area (Å²) in [7, 11) is -1.55. The summed E-state index contributed by atoms with van der Waals surface area (Å²) < 4.78 is 30.2. The van der Waals surface area contributed by atoms with Crippen molar-refractivity contribution in [2.24, 2.45) is 0 Å². The van der Waals surface area contributed by atoms with Gasteiger partial charge in [-0.2, -0.15) is 0 Å². The van der Waals surface area contributed by atoms with Crippen LogP contribution in [0.5, 0.6) is 0 Å². The SMILES string of the molecule is CN(CCCNS(=O)(=O)c1cccc(-n2c(=S)[nH][nH]c2=S)c1)N1CCCC1. The Kier molecular flexibility index (Phi) is 6.61. The van der Waals surface area contributed by atoms with Gasteiger partial charge in [0.25, 0.3) is 0 Å². The minimum absolute atomic E-state index is 0.186. The molecule has 11 heteroatoms. The van der Waals surface area contributed by atoms with E-state index in [1.807, 2.05) is 7.05 Å². The summed E-state index contributed by atoms with van der Waals surface area (Å²) >= 11 is 10.4. The predicted molar refractivity (Wildman–Crippen MR) is 109 cm³/mol. The molecule has 1 aliphatic rings. The van der Waals surface area contributed by atoms with Crippen molar-refractivity contribution in [1.82, 2.24) is 29.5 Å². The van der Waals surface area contributed by atoms with E-state index in [0.29, 0.717) is 21.8 Å². The molecule has 148 valence electrons. The average molecular weight is 429 g/mol. The van der Waals surface area contributed by atoms with Crippen molar-refractivity contribution in [3.05, 3.63) is 33.8 Å². The van der Waals surface area contributed by atoms with E-state index >= 15 is 0 Å². The number of H-pyrrole nitrogens is 2. The van der Waals surface area contributed by atoms with Gasteiger partial charge in [-0.1, -0.05) is 6.07 Å². The van der Waals surface area contributed by atoms with Gasteiger partial charge in [-0.15, -0.1) is 0 Å². The van der Waals surface area contributed by atoms with Gasteiger partial charge in [-0.25, -0.2) is 23.2 Å². The topological polar surface area (TPSA) is 89.2 Å².